The SMILES string of the molecule is NCC(=O)NS(=O)(=O)c1ccc(N2CCN(C3(c4ccc(Oc5ccccc5)cc4)C(=O)NC(=O)NC3=O)CC2)cc1. The summed E-state index contributed by atoms with van der Waals surface area (Å²) in [5, 5.41) is 4.48. The second-order valence-corrected chi connectivity index (χ2v) is 11.3. The van der Waals surface area contributed by atoms with Gasteiger partial charge in [-0.3, -0.25) is 29.9 Å². The van der Waals surface area contributed by atoms with E-state index in [4.69, 9.17) is 10.5 Å². The molecule has 2 saturated heterocycles. The number of ether oxygens (including phenoxy) is 1. The number of nitrogens with zero attached hydrogens (tertiary/aromatic N) is 2. The lowest BCUT2D eigenvalue weighted by atomic mass is 9.84. The maximum absolute atomic E-state index is 13.4. The molecule has 3 aromatic rings. The molecule has 218 valence electrons. The van der Waals surface area contributed by atoms with E-state index in [1.807, 2.05) is 27.8 Å². The molecule has 0 radical (unpaired) electrons. The zero-order valence-electron chi connectivity index (χ0n) is 22.3. The first-order valence-corrected chi connectivity index (χ1v) is 14.5. The van der Waals surface area contributed by atoms with E-state index in [0.717, 1.165) is 0 Å². The van der Waals surface area contributed by atoms with Crippen molar-refractivity contribution in [1.82, 2.24) is 20.3 Å². The number of imide groups is 2. The number of rotatable bonds is 8. The Balaban J connectivity index is 1.35. The van der Waals surface area contributed by atoms with Gasteiger partial charge >= 0.3 is 6.03 Å². The predicted molar refractivity (Wildman–Crippen MR) is 151 cm³/mol. The second kappa shape index (κ2) is 11.6. The number of urea groups is 1. The van der Waals surface area contributed by atoms with Crippen LogP contribution in [0.3, 0.4) is 0 Å². The van der Waals surface area contributed by atoms with Crippen LogP contribution < -0.4 is 30.7 Å². The van der Waals surface area contributed by atoms with Crippen LogP contribution in [0, 0.1) is 0 Å². The number of carbonyl (C=O) groups excluding carboxylic acids is 4. The molecule has 5 N–H and O–H groups in total. The van der Waals surface area contributed by atoms with Gasteiger partial charge in [0.2, 0.25) is 11.4 Å². The lowest BCUT2D eigenvalue weighted by Gasteiger charge is -2.47. The minimum Gasteiger partial charge on any atom is -0.457 e. The Bertz CT molecular complexity index is 1580. The first-order valence-electron chi connectivity index (χ1n) is 13.0. The minimum absolute atomic E-state index is 0.0921. The molecule has 3 aromatic carbocycles. The van der Waals surface area contributed by atoms with Crippen LogP contribution in [0.4, 0.5) is 10.5 Å². The maximum atomic E-state index is 13.4. The summed E-state index contributed by atoms with van der Waals surface area (Å²) in [6, 6.07) is 20.8. The Morgan fingerprint density at radius 3 is 1.98 bits per heavy atom. The Morgan fingerprint density at radius 2 is 1.40 bits per heavy atom. The monoisotopic (exact) mass is 592 g/mol. The fourth-order valence-corrected chi connectivity index (χ4v) is 6.02. The average Bonchev–Trinajstić information content (AvgIpc) is 2.98. The minimum atomic E-state index is -4.05. The van der Waals surface area contributed by atoms with Crippen molar-refractivity contribution < 1.29 is 32.3 Å². The molecule has 2 heterocycles. The summed E-state index contributed by atoms with van der Waals surface area (Å²) in [4.78, 5) is 53.9. The molecule has 0 aromatic heterocycles. The fraction of sp³-hybridized carbons (Fsp3) is 0.214. The summed E-state index contributed by atoms with van der Waals surface area (Å²) < 4.78 is 32.5. The molecule has 2 aliphatic heterocycles. The van der Waals surface area contributed by atoms with Gasteiger partial charge in [0.15, 0.2) is 0 Å². The summed E-state index contributed by atoms with van der Waals surface area (Å²) in [6.07, 6.45) is 0. The molecule has 0 bridgehead atoms. The van der Waals surface area contributed by atoms with Crippen molar-refractivity contribution in [2.45, 2.75) is 10.4 Å². The van der Waals surface area contributed by atoms with Gasteiger partial charge in [0.05, 0.1) is 11.4 Å². The number of para-hydroxylation sites is 1. The molecule has 0 atom stereocenters. The van der Waals surface area contributed by atoms with Crippen molar-refractivity contribution in [2.75, 3.05) is 37.6 Å². The van der Waals surface area contributed by atoms with Crippen molar-refractivity contribution in [3.05, 3.63) is 84.4 Å². The maximum Gasteiger partial charge on any atom is 0.328 e. The number of nitrogens with one attached hydrogen (secondary N) is 3. The van der Waals surface area contributed by atoms with Gasteiger partial charge in [-0.15, -0.1) is 0 Å². The molecular weight excluding hydrogens is 564 g/mol. The molecule has 0 unspecified atom stereocenters. The van der Waals surface area contributed by atoms with Gasteiger partial charge in [0, 0.05) is 31.9 Å². The van der Waals surface area contributed by atoms with E-state index in [9.17, 15) is 27.6 Å². The second-order valence-electron chi connectivity index (χ2n) is 9.59. The molecule has 5 rings (SSSR count). The van der Waals surface area contributed by atoms with E-state index in [1.165, 1.54) is 12.1 Å². The lowest BCUT2D eigenvalue weighted by Crippen LogP contribution is -2.73. The summed E-state index contributed by atoms with van der Waals surface area (Å²) in [5.41, 5.74) is 4.47. The normalized spacial score (nSPS) is 17.3. The quantitative estimate of drug-likeness (QED) is 0.271. The fourth-order valence-electron chi connectivity index (χ4n) is 5.03. The Hall–Kier alpha value is -4.79. The van der Waals surface area contributed by atoms with Gasteiger partial charge < -0.3 is 15.4 Å². The third kappa shape index (κ3) is 5.54. The van der Waals surface area contributed by atoms with Crippen molar-refractivity contribution >= 4 is 39.5 Å². The summed E-state index contributed by atoms with van der Waals surface area (Å²) >= 11 is 0. The molecule has 13 nitrogen and oxygen atoms in total. The van der Waals surface area contributed by atoms with Gasteiger partial charge in [0.25, 0.3) is 21.8 Å². The van der Waals surface area contributed by atoms with Gasteiger partial charge in [-0.2, -0.15) is 0 Å². The smallest absolute Gasteiger partial charge is 0.328 e. The number of carbonyl (C=O) groups is 4. The molecule has 2 aliphatic rings. The van der Waals surface area contributed by atoms with Crippen molar-refractivity contribution in [3.63, 3.8) is 0 Å². The Kier molecular flexibility index (Phi) is 7.93. The number of piperazine rings is 1. The van der Waals surface area contributed by atoms with Gasteiger partial charge in [-0.1, -0.05) is 30.3 Å². The van der Waals surface area contributed by atoms with Crippen molar-refractivity contribution in [2.24, 2.45) is 5.73 Å². The topological polar surface area (TPSA) is 180 Å². The molecule has 0 saturated carbocycles. The van der Waals surface area contributed by atoms with Crippen LogP contribution in [0.25, 0.3) is 0 Å². The number of hydrogen-bond acceptors (Lipinski definition) is 10. The number of barbiturate groups is 1. The number of hydrogen-bond donors (Lipinski definition) is 4. The average molecular weight is 593 g/mol. The molecule has 0 aliphatic carbocycles. The van der Waals surface area contributed by atoms with E-state index < -0.39 is 45.9 Å². The molecular formula is C28H28N6O7S. The number of anilines is 1. The van der Waals surface area contributed by atoms with Crippen LogP contribution in [0.2, 0.25) is 0 Å². The highest BCUT2D eigenvalue weighted by molar-refractivity contribution is 7.90. The third-order valence-electron chi connectivity index (χ3n) is 7.06. The molecule has 2 fully saturated rings. The zero-order valence-corrected chi connectivity index (χ0v) is 23.1. The zero-order chi connectivity index (χ0) is 29.9. The summed E-state index contributed by atoms with van der Waals surface area (Å²) in [6.45, 7) is 0.857. The van der Waals surface area contributed by atoms with Crippen LogP contribution in [-0.2, 0) is 29.9 Å². The van der Waals surface area contributed by atoms with Crippen LogP contribution in [0.15, 0.2) is 83.8 Å². The van der Waals surface area contributed by atoms with E-state index in [1.54, 1.807) is 53.4 Å². The molecule has 5 amide bonds. The van der Waals surface area contributed by atoms with Gasteiger partial charge in [-0.25, -0.2) is 17.9 Å². The van der Waals surface area contributed by atoms with E-state index in [-0.39, 0.29) is 18.0 Å². The first kappa shape index (κ1) is 28.7. The van der Waals surface area contributed by atoms with Crippen molar-refractivity contribution in [1.29, 1.82) is 0 Å². The number of amides is 5. The molecule has 14 heteroatoms. The van der Waals surface area contributed by atoms with Crippen LogP contribution in [0.5, 0.6) is 11.5 Å². The van der Waals surface area contributed by atoms with Crippen LogP contribution in [0.1, 0.15) is 5.56 Å². The largest absolute Gasteiger partial charge is 0.457 e. The van der Waals surface area contributed by atoms with Gasteiger partial charge in [0.1, 0.15) is 11.5 Å². The van der Waals surface area contributed by atoms with Crippen LogP contribution >= 0.6 is 0 Å². The van der Waals surface area contributed by atoms with Crippen molar-refractivity contribution in [3.8, 4) is 11.5 Å². The standard InChI is InChI=1S/C28H28N6O7S/c29-18-24(35)32-42(39,40)23-12-8-20(9-13-23)33-14-16-34(17-15-33)28(25(36)30-27(38)31-26(28)37)19-6-10-22(11-7-19)41-21-4-2-1-3-5-21/h1-13H,14-18,29H2,(H,32,35)(H2,30,31,36,37,38). The summed E-state index contributed by atoms with van der Waals surface area (Å²) in [5.74, 6) is -1.20. The van der Waals surface area contributed by atoms with E-state index in [2.05, 4.69) is 10.6 Å². The number of sulfonamides is 1. The highest BCUT2D eigenvalue weighted by Gasteiger charge is 2.56. The lowest BCUT2D eigenvalue weighted by molar-refractivity contribution is -0.149. The third-order valence-corrected chi connectivity index (χ3v) is 8.45. The number of benzene rings is 3. The van der Waals surface area contributed by atoms with Gasteiger partial charge in [-0.05, 0) is 54.1 Å². The molecule has 42 heavy (non-hydrogen) atoms. The predicted octanol–water partition coefficient (Wildman–Crippen LogP) is 0.626. The van der Waals surface area contributed by atoms with E-state index >= 15 is 0 Å². The first-order chi connectivity index (χ1) is 20.1. The van der Waals surface area contributed by atoms with E-state index in [0.29, 0.717) is 35.8 Å². The Labute approximate surface area is 241 Å². The summed E-state index contributed by atoms with van der Waals surface area (Å²) in [7, 11) is -4.05. The highest BCUT2D eigenvalue weighted by Crippen LogP contribution is 2.35. The highest BCUT2D eigenvalue weighted by atomic mass is 32.2. The molecule has 0 spiro atoms. The van der Waals surface area contributed by atoms with Crippen LogP contribution in [-0.4, -0.2) is 69.8 Å². The Morgan fingerprint density at radius 1 is 0.833 bits per heavy atom. The number of nitrogens with two attached hydrogens (primary N) is 1.